The summed E-state index contributed by atoms with van der Waals surface area (Å²) in [4.78, 5) is 22.5. The van der Waals surface area contributed by atoms with Gasteiger partial charge < -0.3 is 15.5 Å². The lowest BCUT2D eigenvalue weighted by molar-refractivity contribution is 0.187. The van der Waals surface area contributed by atoms with Gasteiger partial charge in [0.05, 0.1) is 0 Å². The van der Waals surface area contributed by atoms with Crippen molar-refractivity contribution in [3.63, 3.8) is 0 Å². The summed E-state index contributed by atoms with van der Waals surface area (Å²) in [5, 5.41) is 5.11. The van der Waals surface area contributed by atoms with Crippen molar-refractivity contribution in [3.8, 4) is 0 Å². The van der Waals surface area contributed by atoms with Crippen LogP contribution in [0.1, 0.15) is 6.42 Å². The number of urea groups is 1. The third-order valence-corrected chi connectivity index (χ3v) is 1.75. The average molecular weight is 170 g/mol. The van der Waals surface area contributed by atoms with Crippen LogP contribution in [0.3, 0.4) is 0 Å². The van der Waals surface area contributed by atoms with Gasteiger partial charge in [0.15, 0.2) is 0 Å². The van der Waals surface area contributed by atoms with Crippen LogP contribution in [0.4, 0.5) is 4.79 Å². The fourth-order valence-electron chi connectivity index (χ4n) is 1.13. The Labute approximate surface area is 71.1 Å². The van der Waals surface area contributed by atoms with E-state index in [0.29, 0.717) is 13.1 Å². The van der Waals surface area contributed by atoms with Gasteiger partial charge in [0, 0.05) is 26.2 Å². The quantitative estimate of drug-likeness (QED) is 0.422. The number of rotatable bonds is 4. The van der Waals surface area contributed by atoms with Crippen molar-refractivity contribution in [2.45, 2.75) is 6.42 Å². The Hall–Kier alpha value is -1.26. The molecule has 1 aliphatic heterocycles. The van der Waals surface area contributed by atoms with E-state index in [0.717, 1.165) is 19.5 Å². The van der Waals surface area contributed by atoms with Gasteiger partial charge in [-0.25, -0.2) is 4.79 Å². The fraction of sp³-hybridized carbons (Fsp3) is 0.714. The Morgan fingerprint density at radius 2 is 2.50 bits per heavy atom. The Balaban J connectivity index is 2.20. The molecule has 1 aliphatic rings. The summed E-state index contributed by atoms with van der Waals surface area (Å²) in [6.45, 7) is 2.55. The molecule has 5 nitrogen and oxygen atoms in total. The minimum absolute atomic E-state index is 0.0473. The first kappa shape index (κ1) is 8.83. The molecular weight excluding hydrogens is 158 g/mol. The summed E-state index contributed by atoms with van der Waals surface area (Å²) in [5.74, 6) is 0. The molecule has 1 rings (SSSR count). The molecule has 12 heavy (non-hydrogen) atoms. The van der Waals surface area contributed by atoms with Crippen LogP contribution in [0.25, 0.3) is 0 Å². The van der Waals surface area contributed by atoms with Gasteiger partial charge in [0.1, 0.15) is 0 Å². The van der Waals surface area contributed by atoms with Crippen LogP contribution in [-0.2, 0) is 4.79 Å². The Kier molecular flexibility index (Phi) is 3.37. The van der Waals surface area contributed by atoms with Crippen LogP contribution in [0, 0.1) is 0 Å². The molecule has 67 valence electrons. The van der Waals surface area contributed by atoms with E-state index in [9.17, 15) is 9.59 Å². The number of carbonyl (C=O) groups is 1. The van der Waals surface area contributed by atoms with Crippen molar-refractivity contribution in [3.05, 3.63) is 0 Å². The molecule has 1 fully saturated rings. The number of amides is 3. The van der Waals surface area contributed by atoms with Gasteiger partial charge in [0.25, 0.3) is 0 Å². The van der Waals surface area contributed by atoms with Crippen LogP contribution in [0.5, 0.6) is 0 Å². The molecule has 1 heterocycles. The second-order valence-corrected chi connectivity index (χ2v) is 2.60. The van der Waals surface area contributed by atoms with Crippen molar-refractivity contribution in [1.29, 1.82) is 0 Å². The molecule has 0 aromatic heterocycles. The van der Waals surface area contributed by atoms with Crippen molar-refractivity contribution in [1.82, 2.24) is 15.5 Å². The topological polar surface area (TPSA) is 61.4 Å². The summed E-state index contributed by atoms with van der Waals surface area (Å²) >= 11 is 0. The highest BCUT2D eigenvalue weighted by Gasteiger charge is 2.15. The average Bonchev–Trinajstić information content (AvgIpc) is 2.09. The molecule has 0 bridgehead atoms. The van der Waals surface area contributed by atoms with E-state index < -0.39 is 0 Å². The SMILES string of the molecule is O=[C]NCCN1CCCNC1=O. The zero-order valence-electron chi connectivity index (χ0n) is 6.80. The van der Waals surface area contributed by atoms with Crippen LogP contribution in [0.15, 0.2) is 0 Å². The molecule has 1 radical (unpaired) electrons. The zero-order chi connectivity index (χ0) is 8.81. The largest absolute Gasteiger partial charge is 0.346 e. The summed E-state index contributed by atoms with van der Waals surface area (Å²) in [6.07, 6.45) is 2.53. The lowest BCUT2D eigenvalue weighted by atomic mass is 10.3. The maximum absolute atomic E-state index is 11.1. The summed E-state index contributed by atoms with van der Waals surface area (Å²) in [6, 6.07) is -0.0473. The molecule has 5 heteroatoms. The maximum atomic E-state index is 11.1. The first-order valence-corrected chi connectivity index (χ1v) is 3.97. The van der Waals surface area contributed by atoms with Crippen molar-refractivity contribution < 1.29 is 9.59 Å². The third-order valence-electron chi connectivity index (χ3n) is 1.75. The lowest BCUT2D eigenvalue weighted by Gasteiger charge is -2.26. The number of hydrogen-bond acceptors (Lipinski definition) is 2. The van der Waals surface area contributed by atoms with Crippen LogP contribution < -0.4 is 10.6 Å². The number of nitrogens with zero attached hydrogens (tertiary/aromatic N) is 1. The minimum atomic E-state index is -0.0473. The fourth-order valence-corrected chi connectivity index (χ4v) is 1.13. The van der Waals surface area contributed by atoms with Crippen molar-refractivity contribution in [2.75, 3.05) is 26.2 Å². The van der Waals surface area contributed by atoms with Crippen LogP contribution >= 0.6 is 0 Å². The van der Waals surface area contributed by atoms with Gasteiger partial charge in [-0.2, -0.15) is 0 Å². The van der Waals surface area contributed by atoms with Gasteiger partial charge in [-0.05, 0) is 6.42 Å². The van der Waals surface area contributed by atoms with Crippen LogP contribution in [-0.4, -0.2) is 43.5 Å². The summed E-state index contributed by atoms with van der Waals surface area (Å²) in [7, 11) is 0. The van der Waals surface area contributed by atoms with Gasteiger partial charge >= 0.3 is 12.4 Å². The molecule has 3 amide bonds. The first-order valence-electron chi connectivity index (χ1n) is 3.97. The molecule has 0 aromatic rings. The normalized spacial score (nSPS) is 17.0. The third kappa shape index (κ3) is 2.41. The molecule has 0 aromatic carbocycles. The smallest absolute Gasteiger partial charge is 0.317 e. The molecule has 1 saturated heterocycles. The highest BCUT2D eigenvalue weighted by Crippen LogP contribution is 1.96. The van der Waals surface area contributed by atoms with E-state index >= 15 is 0 Å². The van der Waals surface area contributed by atoms with Crippen molar-refractivity contribution in [2.24, 2.45) is 0 Å². The van der Waals surface area contributed by atoms with Gasteiger partial charge in [0.2, 0.25) is 0 Å². The molecule has 0 aliphatic carbocycles. The second-order valence-electron chi connectivity index (χ2n) is 2.60. The number of nitrogens with one attached hydrogen (secondary N) is 2. The Bertz CT molecular complexity index is 172. The number of hydrogen-bond donors (Lipinski definition) is 2. The standard InChI is InChI=1S/C7H12N3O2/c11-6-8-3-5-10-4-1-2-9-7(10)12/h1-5H2,(H,8,11)(H,9,12). The zero-order valence-corrected chi connectivity index (χ0v) is 6.80. The van der Waals surface area contributed by atoms with Gasteiger partial charge in [-0.15, -0.1) is 0 Å². The van der Waals surface area contributed by atoms with Gasteiger partial charge in [-0.3, -0.25) is 4.79 Å². The summed E-state index contributed by atoms with van der Waals surface area (Å²) in [5.41, 5.74) is 0. The first-order chi connectivity index (χ1) is 5.84. The molecular formula is C7H12N3O2. The molecule has 0 saturated carbocycles. The molecule has 2 N–H and O–H groups in total. The van der Waals surface area contributed by atoms with Gasteiger partial charge in [-0.1, -0.05) is 0 Å². The predicted molar refractivity (Wildman–Crippen MR) is 43.3 cm³/mol. The summed E-state index contributed by atoms with van der Waals surface area (Å²) < 4.78 is 0. The van der Waals surface area contributed by atoms with E-state index in [1.807, 2.05) is 0 Å². The molecule has 0 unspecified atom stereocenters. The highest BCUT2D eigenvalue weighted by atomic mass is 16.2. The Morgan fingerprint density at radius 1 is 1.67 bits per heavy atom. The van der Waals surface area contributed by atoms with Crippen LogP contribution in [0.2, 0.25) is 0 Å². The maximum Gasteiger partial charge on any atom is 0.317 e. The predicted octanol–water partition coefficient (Wildman–Crippen LogP) is -0.941. The Morgan fingerprint density at radius 3 is 3.17 bits per heavy atom. The minimum Gasteiger partial charge on any atom is -0.346 e. The molecule has 0 spiro atoms. The van der Waals surface area contributed by atoms with E-state index in [1.54, 1.807) is 11.3 Å². The number of carbonyl (C=O) groups excluding carboxylic acids is 2. The van der Waals surface area contributed by atoms with E-state index in [1.165, 1.54) is 0 Å². The van der Waals surface area contributed by atoms with E-state index in [-0.39, 0.29) is 6.03 Å². The second kappa shape index (κ2) is 4.58. The van der Waals surface area contributed by atoms with E-state index in [4.69, 9.17) is 0 Å². The lowest BCUT2D eigenvalue weighted by Crippen LogP contribution is -2.48. The monoisotopic (exact) mass is 170 g/mol. The van der Waals surface area contributed by atoms with Crippen molar-refractivity contribution >= 4 is 12.4 Å². The van der Waals surface area contributed by atoms with E-state index in [2.05, 4.69) is 10.6 Å². The highest BCUT2D eigenvalue weighted by molar-refractivity contribution is 5.74. The molecule has 0 atom stereocenters.